The van der Waals surface area contributed by atoms with Crippen LogP contribution in [0.25, 0.3) is 0 Å². The van der Waals surface area contributed by atoms with Crippen LogP contribution in [-0.4, -0.2) is 29.3 Å². The molecule has 0 atom stereocenters. The Morgan fingerprint density at radius 2 is 2.31 bits per heavy atom. The second kappa shape index (κ2) is 4.51. The van der Waals surface area contributed by atoms with Gasteiger partial charge in [-0.3, -0.25) is 5.10 Å². The second-order valence-corrected chi connectivity index (χ2v) is 3.03. The fraction of sp³-hybridized carbons (Fsp3) is 0.556. The highest BCUT2D eigenvalue weighted by atomic mass is 15.3. The second-order valence-electron chi connectivity index (χ2n) is 3.03. The number of nitrogens with one attached hydrogen (secondary N) is 1. The van der Waals surface area contributed by atoms with Gasteiger partial charge >= 0.3 is 0 Å². The van der Waals surface area contributed by atoms with Gasteiger partial charge in [-0.15, -0.1) is 17.4 Å². The van der Waals surface area contributed by atoms with Crippen molar-refractivity contribution in [1.29, 1.82) is 0 Å². The van der Waals surface area contributed by atoms with Crippen molar-refractivity contribution in [2.45, 2.75) is 19.3 Å². The first-order chi connectivity index (χ1) is 6.24. The highest BCUT2D eigenvalue weighted by Gasteiger charge is 2.03. The van der Waals surface area contributed by atoms with E-state index in [9.17, 15) is 0 Å². The fourth-order valence-electron chi connectivity index (χ4n) is 0.955. The topological polar surface area (TPSA) is 44.8 Å². The largest absolute Gasteiger partial charge is 0.346 e. The number of nitrogens with zero attached hydrogens (tertiary/aromatic N) is 3. The molecule has 0 amide bonds. The van der Waals surface area contributed by atoms with E-state index in [0.717, 1.165) is 31.0 Å². The van der Waals surface area contributed by atoms with E-state index < -0.39 is 0 Å². The number of aryl methyl sites for hydroxylation is 1. The summed E-state index contributed by atoms with van der Waals surface area (Å²) in [7, 11) is 3.82. The van der Waals surface area contributed by atoms with Gasteiger partial charge in [0.25, 0.3) is 0 Å². The van der Waals surface area contributed by atoms with Crippen LogP contribution >= 0.6 is 0 Å². The molecule has 1 rings (SSSR count). The third kappa shape index (κ3) is 2.79. The maximum absolute atomic E-state index is 5.14. The lowest BCUT2D eigenvalue weighted by Crippen LogP contribution is -2.10. The molecule has 4 heteroatoms. The quantitative estimate of drug-likeness (QED) is 0.548. The van der Waals surface area contributed by atoms with Crippen LogP contribution in [0.3, 0.4) is 0 Å². The van der Waals surface area contributed by atoms with Crippen LogP contribution in [0.5, 0.6) is 0 Å². The number of hydrogen-bond acceptors (Lipinski definition) is 3. The number of rotatable bonds is 4. The molecule has 1 N–H and O–H groups in total. The normalized spacial score (nSPS) is 9.62. The fourth-order valence-corrected chi connectivity index (χ4v) is 0.955. The zero-order valence-electron chi connectivity index (χ0n) is 8.04. The summed E-state index contributed by atoms with van der Waals surface area (Å²) in [6.07, 6.45) is 7.75. The van der Waals surface area contributed by atoms with Crippen molar-refractivity contribution in [3.05, 3.63) is 5.82 Å². The molecule has 0 saturated carbocycles. The van der Waals surface area contributed by atoms with Gasteiger partial charge in [0.1, 0.15) is 5.82 Å². The Kier molecular flexibility index (Phi) is 3.32. The maximum Gasteiger partial charge on any atom is 0.244 e. The van der Waals surface area contributed by atoms with Gasteiger partial charge in [0.2, 0.25) is 5.95 Å². The van der Waals surface area contributed by atoms with Crippen LogP contribution in [0, 0.1) is 12.3 Å². The van der Waals surface area contributed by atoms with Gasteiger partial charge in [0.05, 0.1) is 0 Å². The van der Waals surface area contributed by atoms with Gasteiger partial charge in [0.15, 0.2) is 0 Å². The predicted molar refractivity (Wildman–Crippen MR) is 52.5 cm³/mol. The van der Waals surface area contributed by atoms with Gasteiger partial charge in [-0.25, -0.2) is 0 Å². The van der Waals surface area contributed by atoms with Crippen LogP contribution in [0.1, 0.15) is 18.7 Å². The van der Waals surface area contributed by atoms with E-state index in [1.165, 1.54) is 0 Å². The minimum Gasteiger partial charge on any atom is -0.346 e. The Labute approximate surface area is 78.4 Å². The van der Waals surface area contributed by atoms with Crippen LogP contribution in [0.15, 0.2) is 0 Å². The van der Waals surface area contributed by atoms with E-state index in [1.807, 2.05) is 19.0 Å². The molecule has 0 aliphatic heterocycles. The van der Waals surface area contributed by atoms with E-state index in [-0.39, 0.29) is 0 Å². The molecule has 0 unspecified atom stereocenters. The van der Waals surface area contributed by atoms with Gasteiger partial charge in [-0.2, -0.15) is 4.98 Å². The average molecular weight is 178 g/mol. The molecule has 0 saturated heterocycles. The van der Waals surface area contributed by atoms with Crippen LogP contribution in [-0.2, 0) is 6.42 Å². The van der Waals surface area contributed by atoms with Crippen molar-refractivity contribution in [2.75, 3.05) is 19.0 Å². The molecule has 4 nitrogen and oxygen atoms in total. The molecule has 13 heavy (non-hydrogen) atoms. The van der Waals surface area contributed by atoms with Crippen molar-refractivity contribution in [3.8, 4) is 12.3 Å². The standard InChI is InChI=1S/C9H14N4/c1-4-5-6-7-8-10-9(12-11-8)13(2)3/h1H,5-7H2,2-3H3,(H,10,11,12). The summed E-state index contributed by atoms with van der Waals surface area (Å²) in [4.78, 5) is 6.13. The zero-order chi connectivity index (χ0) is 9.68. The molecular weight excluding hydrogens is 164 g/mol. The Balaban J connectivity index is 2.45. The summed E-state index contributed by atoms with van der Waals surface area (Å²) in [5.74, 6) is 4.22. The van der Waals surface area contributed by atoms with Crippen LogP contribution in [0.2, 0.25) is 0 Å². The number of aromatic amines is 1. The van der Waals surface area contributed by atoms with Crippen molar-refractivity contribution in [1.82, 2.24) is 15.2 Å². The molecule has 70 valence electrons. The Morgan fingerprint density at radius 3 is 2.85 bits per heavy atom. The first kappa shape index (κ1) is 9.59. The van der Waals surface area contributed by atoms with Gasteiger partial charge in [-0.1, -0.05) is 0 Å². The number of terminal acetylenes is 1. The maximum atomic E-state index is 5.14. The first-order valence-corrected chi connectivity index (χ1v) is 4.26. The number of unbranched alkanes of at least 4 members (excludes halogenated alkanes) is 1. The molecule has 1 aromatic rings. The van der Waals surface area contributed by atoms with Crippen molar-refractivity contribution >= 4 is 5.95 Å². The first-order valence-electron chi connectivity index (χ1n) is 4.26. The summed E-state index contributed by atoms with van der Waals surface area (Å²) in [6, 6.07) is 0. The molecule has 1 heterocycles. The van der Waals surface area contributed by atoms with Gasteiger partial charge in [-0.05, 0) is 6.42 Å². The van der Waals surface area contributed by atoms with Crippen LogP contribution in [0.4, 0.5) is 5.95 Å². The van der Waals surface area contributed by atoms with Crippen molar-refractivity contribution in [3.63, 3.8) is 0 Å². The van der Waals surface area contributed by atoms with Crippen LogP contribution < -0.4 is 4.90 Å². The molecule has 0 aliphatic rings. The van der Waals surface area contributed by atoms with Gasteiger partial charge in [0, 0.05) is 26.9 Å². The molecule has 0 radical (unpaired) electrons. The smallest absolute Gasteiger partial charge is 0.244 e. The molecule has 0 aromatic carbocycles. The third-order valence-electron chi connectivity index (χ3n) is 1.65. The minimum absolute atomic E-state index is 0.718. The molecule has 0 bridgehead atoms. The molecule has 0 spiro atoms. The molecular formula is C9H14N4. The summed E-state index contributed by atoms with van der Waals surface area (Å²) in [5, 5.41) is 6.91. The zero-order valence-corrected chi connectivity index (χ0v) is 8.04. The van der Waals surface area contributed by atoms with E-state index >= 15 is 0 Å². The molecule has 0 fully saturated rings. The van der Waals surface area contributed by atoms with Gasteiger partial charge < -0.3 is 4.90 Å². The molecule has 0 aliphatic carbocycles. The Hall–Kier alpha value is -1.50. The average Bonchev–Trinajstić information content (AvgIpc) is 2.53. The van der Waals surface area contributed by atoms with E-state index in [2.05, 4.69) is 21.1 Å². The minimum atomic E-state index is 0.718. The number of H-pyrrole nitrogens is 1. The summed E-state index contributed by atoms with van der Waals surface area (Å²) >= 11 is 0. The number of hydrogen-bond donors (Lipinski definition) is 1. The summed E-state index contributed by atoms with van der Waals surface area (Å²) in [6.45, 7) is 0. The Morgan fingerprint density at radius 1 is 1.54 bits per heavy atom. The van der Waals surface area contributed by atoms with E-state index in [1.54, 1.807) is 0 Å². The van der Waals surface area contributed by atoms with Crippen molar-refractivity contribution < 1.29 is 0 Å². The highest BCUT2D eigenvalue weighted by Crippen LogP contribution is 2.04. The third-order valence-corrected chi connectivity index (χ3v) is 1.65. The number of aromatic nitrogens is 3. The summed E-state index contributed by atoms with van der Waals surface area (Å²) in [5.41, 5.74) is 0. The van der Waals surface area contributed by atoms with E-state index in [4.69, 9.17) is 6.42 Å². The van der Waals surface area contributed by atoms with E-state index in [0.29, 0.717) is 0 Å². The highest BCUT2D eigenvalue weighted by molar-refractivity contribution is 5.24. The monoisotopic (exact) mass is 178 g/mol. The Bertz CT molecular complexity index is 295. The lowest BCUT2D eigenvalue weighted by Gasteiger charge is -2.03. The lowest BCUT2D eigenvalue weighted by atomic mass is 10.2. The van der Waals surface area contributed by atoms with Crippen molar-refractivity contribution in [2.24, 2.45) is 0 Å². The summed E-state index contributed by atoms with van der Waals surface area (Å²) < 4.78 is 0. The number of anilines is 1. The SMILES string of the molecule is C#CCCCc1nc(N(C)C)n[nH]1. The lowest BCUT2D eigenvalue weighted by molar-refractivity contribution is 0.800. The molecule has 1 aromatic heterocycles. The predicted octanol–water partition coefficient (Wildman–Crippen LogP) is 0.827.